The van der Waals surface area contributed by atoms with Crippen molar-refractivity contribution in [1.82, 2.24) is 9.80 Å². The van der Waals surface area contributed by atoms with Gasteiger partial charge in [-0.2, -0.15) is 0 Å². The van der Waals surface area contributed by atoms with Gasteiger partial charge in [-0.25, -0.2) is 0 Å². The lowest BCUT2D eigenvalue weighted by Gasteiger charge is -2.40. The highest BCUT2D eigenvalue weighted by molar-refractivity contribution is 6.17. The number of piperidine rings is 1. The fraction of sp³-hybridized carbons (Fsp3) is 0.917. The summed E-state index contributed by atoms with van der Waals surface area (Å²) in [7, 11) is 5.83. The fourth-order valence-electron chi connectivity index (χ4n) is 2.33. The first-order chi connectivity index (χ1) is 8.10. The highest BCUT2D eigenvalue weighted by Crippen LogP contribution is 2.18. The van der Waals surface area contributed by atoms with Crippen LogP contribution in [-0.4, -0.2) is 68.0 Å². The molecule has 0 spiro atoms. The molecular weight excluding hydrogens is 240 g/mol. The Bertz CT molecular complexity index is 249. The molecule has 0 N–H and O–H groups in total. The van der Waals surface area contributed by atoms with Crippen LogP contribution in [0.3, 0.4) is 0 Å². The molecule has 4 nitrogen and oxygen atoms in total. The molecule has 2 unspecified atom stereocenters. The number of ether oxygens (including phenoxy) is 1. The molecule has 1 heterocycles. The third-order valence-electron chi connectivity index (χ3n) is 3.37. The summed E-state index contributed by atoms with van der Waals surface area (Å²) in [6, 6.07) is 0.400. The number of amides is 1. The van der Waals surface area contributed by atoms with Crippen molar-refractivity contribution in [2.45, 2.75) is 31.4 Å². The second kappa shape index (κ2) is 7.19. The summed E-state index contributed by atoms with van der Waals surface area (Å²) in [5, 5.41) is 0. The van der Waals surface area contributed by atoms with Crippen molar-refractivity contribution in [3.05, 3.63) is 0 Å². The zero-order chi connectivity index (χ0) is 12.8. The Hall–Kier alpha value is -0.320. The Labute approximate surface area is 109 Å². The third-order valence-corrected chi connectivity index (χ3v) is 3.63. The van der Waals surface area contributed by atoms with E-state index in [2.05, 4.69) is 19.0 Å². The number of likely N-dealkylation sites (tertiary alicyclic amines) is 1. The van der Waals surface area contributed by atoms with Gasteiger partial charge < -0.3 is 14.5 Å². The lowest BCUT2D eigenvalue weighted by Crippen LogP contribution is -2.54. The van der Waals surface area contributed by atoms with Crippen LogP contribution in [0.4, 0.5) is 0 Å². The lowest BCUT2D eigenvalue weighted by molar-refractivity contribution is -0.136. The predicted molar refractivity (Wildman–Crippen MR) is 69.4 cm³/mol. The maximum atomic E-state index is 11.9. The number of alkyl halides is 1. The SMILES string of the molecule is COC1CN(C(=O)CCCCl)CCC1N(C)C. The predicted octanol–water partition coefficient (Wildman–Crippen LogP) is 1.18. The van der Waals surface area contributed by atoms with Crippen LogP contribution >= 0.6 is 11.6 Å². The van der Waals surface area contributed by atoms with Gasteiger partial charge in [-0.3, -0.25) is 4.79 Å². The van der Waals surface area contributed by atoms with Crippen LogP contribution < -0.4 is 0 Å². The minimum absolute atomic E-state index is 0.110. The van der Waals surface area contributed by atoms with E-state index in [1.54, 1.807) is 7.11 Å². The molecule has 0 radical (unpaired) electrons. The number of carbonyl (C=O) groups excluding carboxylic acids is 1. The number of hydrogen-bond donors (Lipinski definition) is 0. The number of carbonyl (C=O) groups is 1. The van der Waals surface area contributed by atoms with Gasteiger partial charge in [0.1, 0.15) is 0 Å². The van der Waals surface area contributed by atoms with E-state index in [1.165, 1.54) is 0 Å². The van der Waals surface area contributed by atoms with Gasteiger partial charge in [0.15, 0.2) is 0 Å². The van der Waals surface area contributed by atoms with Gasteiger partial charge in [0, 0.05) is 38.5 Å². The second-order valence-electron chi connectivity index (χ2n) is 4.73. The maximum Gasteiger partial charge on any atom is 0.222 e. The molecule has 1 aliphatic rings. The molecule has 0 bridgehead atoms. The largest absolute Gasteiger partial charge is 0.378 e. The molecule has 2 atom stereocenters. The fourth-order valence-corrected chi connectivity index (χ4v) is 2.46. The molecule has 0 aliphatic carbocycles. The highest BCUT2D eigenvalue weighted by atomic mass is 35.5. The van der Waals surface area contributed by atoms with E-state index in [0.29, 0.717) is 24.9 Å². The molecule has 0 aromatic rings. The second-order valence-corrected chi connectivity index (χ2v) is 5.10. The first-order valence-electron chi connectivity index (χ1n) is 6.13. The molecule has 1 saturated heterocycles. The Kier molecular flexibility index (Phi) is 6.23. The minimum atomic E-state index is 0.110. The number of rotatable bonds is 5. The molecule has 1 amide bonds. The molecule has 1 fully saturated rings. The minimum Gasteiger partial charge on any atom is -0.378 e. The van der Waals surface area contributed by atoms with Gasteiger partial charge >= 0.3 is 0 Å². The molecule has 0 aromatic heterocycles. The van der Waals surface area contributed by atoms with Crippen molar-refractivity contribution >= 4 is 17.5 Å². The van der Waals surface area contributed by atoms with Crippen LogP contribution in [0.2, 0.25) is 0 Å². The number of methoxy groups -OCH3 is 1. The van der Waals surface area contributed by atoms with Crippen LogP contribution in [0.15, 0.2) is 0 Å². The molecule has 0 aromatic carbocycles. The van der Waals surface area contributed by atoms with Crippen molar-refractivity contribution in [3.63, 3.8) is 0 Å². The molecule has 1 rings (SSSR count). The van der Waals surface area contributed by atoms with Crippen molar-refractivity contribution in [2.24, 2.45) is 0 Å². The van der Waals surface area contributed by atoms with Gasteiger partial charge in [0.05, 0.1) is 6.10 Å². The molecule has 5 heteroatoms. The summed E-state index contributed by atoms with van der Waals surface area (Å²) in [5.74, 6) is 0.748. The summed E-state index contributed by atoms with van der Waals surface area (Å²) in [6.45, 7) is 1.52. The highest BCUT2D eigenvalue weighted by Gasteiger charge is 2.32. The van der Waals surface area contributed by atoms with Gasteiger partial charge in [-0.1, -0.05) is 0 Å². The van der Waals surface area contributed by atoms with Gasteiger partial charge in [0.25, 0.3) is 0 Å². The molecule has 0 saturated carbocycles. The van der Waals surface area contributed by atoms with Gasteiger partial charge in [-0.15, -0.1) is 11.6 Å². The summed E-state index contributed by atoms with van der Waals surface area (Å²) in [5.41, 5.74) is 0. The summed E-state index contributed by atoms with van der Waals surface area (Å²) in [6.07, 6.45) is 2.38. The quantitative estimate of drug-likeness (QED) is 0.698. The topological polar surface area (TPSA) is 32.8 Å². The van der Waals surface area contributed by atoms with Crippen LogP contribution in [0.1, 0.15) is 19.3 Å². The Morgan fingerprint density at radius 3 is 2.76 bits per heavy atom. The van der Waals surface area contributed by atoms with E-state index in [0.717, 1.165) is 19.4 Å². The zero-order valence-electron chi connectivity index (χ0n) is 11.0. The van der Waals surface area contributed by atoms with E-state index in [1.807, 2.05) is 4.90 Å². The first kappa shape index (κ1) is 14.7. The zero-order valence-corrected chi connectivity index (χ0v) is 11.7. The van der Waals surface area contributed by atoms with Crippen molar-refractivity contribution in [3.8, 4) is 0 Å². The van der Waals surface area contributed by atoms with Crippen LogP contribution in [0.25, 0.3) is 0 Å². The van der Waals surface area contributed by atoms with E-state index in [9.17, 15) is 4.79 Å². The Morgan fingerprint density at radius 2 is 2.24 bits per heavy atom. The first-order valence-corrected chi connectivity index (χ1v) is 6.66. The smallest absolute Gasteiger partial charge is 0.222 e. The molecular formula is C12H23ClN2O2. The van der Waals surface area contributed by atoms with E-state index in [4.69, 9.17) is 16.3 Å². The number of halogens is 1. The molecule has 1 aliphatic heterocycles. The lowest BCUT2D eigenvalue weighted by atomic mass is 10.0. The summed E-state index contributed by atoms with van der Waals surface area (Å²) in [4.78, 5) is 16.0. The summed E-state index contributed by atoms with van der Waals surface area (Å²) >= 11 is 5.60. The van der Waals surface area contributed by atoms with Gasteiger partial charge in [0.2, 0.25) is 5.91 Å². The number of likely N-dealkylation sites (N-methyl/N-ethyl adjacent to an activating group) is 1. The Morgan fingerprint density at radius 1 is 1.53 bits per heavy atom. The van der Waals surface area contributed by atoms with Crippen LogP contribution in [0, 0.1) is 0 Å². The average molecular weight is 263 g/mol. The van der Waals surface area contributed by atoms with Crippen molar-refractivity contribution in [1.29, 1.82) is 0 Å². The molecule has 17 heavy (non-hydrogen) atoms. The summed E-state index contributed by atoms with van der Waals surface area (Å²) < 4.78 is 5.49. The normalized spacial score (nSPS) is 25.4. The standard InChI is InChI=1S/C12H23ClN2O2/c1-14(2)10-6-8-15(9-11(10)17-3)12(16)5-4-7-13/h10-11H,4-9H2,1-3H3. The van der Waals surface area contributed by atoms with Crippen LogP contribution in [0.5, 0.6) is 0 Å². The molecule has 100 valence electrons. The van der Waals surface area contributed by atoms with E-state index >= 15 is 0 Å². The van der Waals surface area contributed by atoms with Gasteiger partial charge in [-0.05, 0) is 26.9 Å². The Balaban J connectivity index is 2.50. The third kappa shape index (κ3) is 4.12. The van der Waals surface area contributed by atoms with Crippen molar-refractivity contribution < 1.29 is 9.53 Å². The number of hydrogen-bond acceptors (Lipinski definition) is 3. The maximum absolute atomic E-state index is 11.9. The van der Waals surface area contributed by atoms with Crippen LogP contribution in [-0.2, 0) is 9.53 Å². The number of nitrogens with zero attached hydrogens (tertiary/aromatic N) is 2. The van der Waals surface area contributed by atoms with E-state index < -0.39 is 0 Å². The average Bonchev–Trinajstić information content (AvgIpc) is 2.34. The monoisotopic (exact) mass is 262 g/mol. The van der Waals surface area contributed by atoms with E-state index in [-0.39, 0.29) is 12.0 Å². The van der Waals surface area contributed by atoms with Crippen molar-refractivity contribution in [2.75, 3.05) is 40.2 Å².